The highest BCUT2D eigenvalue weighted by molar-refractivity contribution is 5.96. The van der Waals surface area contributed by atoms with E-state index in [-0.39, 0.29) is 18.1 Å². The number of nitrogens with one attached hydrogen (secondary N) is 1. The summed E-state index contributed by atoms with van der Waals surface area (Å²) in [6.45, 7) is 7.03. The molecule has 1 N–H and O–H groups in total. The molecule has 1 aliphatic heterocycles. The lowest BCUT2D eigenvalue weighted by Crippen LogP contribution is -2.38. The van der Waals surface area contributed by atoms with Crippen LogP contribution >= 0.6 is 0 Å². The van der Waals surface area contributed by atoms with Crippen molar-refractivity contribution < 1.29 is 28.6 Å². The molecule has 2 amide bonds. The van der Waals surface area contributed by atoms with Crippen molar-refractivity contribution in [3.63, 3.8) is 0 Å². The summed E-state index contributed by atoms with van der Waals surface area (Å²) in [7, 11) is 0. The van der Waals surface area contributed by atoms with E-state index in [0.717, 1.165) is 43.5 Å². The van der Waals surface area contributed by atoms with Crippen molar-refractivity contribution in [2.45, 2.75) is 40.0 Å². The molecule has 0 bridgehead atoms. The molecule has 8 heteroatoms. The van der Waals surface area contributed by atoms with Crippen LogP contribution in [0.2, 0.25) is 0 Å². The molecule has 3 rings (SSSR count). The third-order valence-corrected chi connectivity index (χ3v) is 5.75. The van der Waals surface area contributed by atoms with Gasteiger partial charge in [0.15, 0.2) is 24.7 Å². The van der Waals surface area contributed by atoms with Crippen LogP contribution < -0.4 is 14.8 Å². The molecule has 1 saturated heterocycles. The third kappa shape index (κ3) is 6.73. The van der Waals surface area contributed by atoms with E-state index < -0.39 is 18.5 Å². The minimum absolute atomic E-state index is 0.0690. The highest BCUT2D eigenvalue weighted by Crippen LogP contribution is 2.29. The topological polar surface area (TPSA) is 94.2 Å². The van der Waals surface area contributed by atoms with Gasteiger partial charge in [-0.05, 0) is 75.4 Å². The number of hydrogen-bond acceptors (Lipinski definition) is 6. The van der Waals surface area contributed by atoms with Crippen LogP contribution in [-0.4, -0.2) is 55.6 Å². The smallest absolute Gasteiger partial charge is 0.338 e. The largest absolute Gasteiger partial charge is 0.490 e. The molecule has 8 nitrogen and oxygen atoms in total. The monoisotopic (exact) mass is 468 g/mol. The van der Waals surface area contributed by atoms with Crippen molar-refractivity contribution in [2.75, 3.05) is 38.2 Å². The van der Waals surface area contributed by atoms with Crippen LogP contribution in [0, 0.1) is 13.8 Å². The summed E-state index contributed by atoms with van der Waals surface area (Å²) in [4.78, 5) is 38.9. The van der Waals surface area contributed by atoms with E-state index in [1.807, 2.05) is 32.9 Å². The lowest BCUT2D eigenvalue weighted by molar-refractivity contribution is -0.134. The van der Waals surface area contributed by atoms with Gasteiger partial charge in [-0.2, -0.15) is 0 Å². The van der Waals surface area contributed by atoms with Gasteiger partial charge in [-0.15, -0.1) is 0 Å². The summed E-state index contributed by atoms with van der Waals surface area (Å²) >= 11 is 0. The number of ether oxygens (including phenoxy) is 3. The van der Waals surface area contributed by atoms with E-state index in [1.165, 1.54) is 12.1 Å². The van der Waals surface area contributed by atoms with Gasteiger partial charge in [0.2, 0.25) is 0 Å². The van der Waals surface area contributed by atoms with Crippen molar-refractivity contribution >= 4 is 23.5 Å². The van der Waals surface area contributed by atoms with E-state index in [2.05, 4.69) is 5.32 Å². The van der Waals surface area contributed by atoms with Crippen LogP contribution in [0.4, 0.5) is 5.69 Å². The summed E-state index contributed by atoms with van der Waals surface area (Å²) in [5.41, 5.74) is 2.91. The first-order valence-electron chi connectivity index (χ1n) is 11.6. The summed E-state index contributed by atoms with van der Waals surface area (Å²) in [6, 6.07) is 10.2. The Balaban J connectivity index is 1.57. The average molecular weight is 469 g/mol. The second-order valence-electron chi connectivity index (χ2n) is 8.20. The van der Waals surface area contributed by atoms with Gasteiger partial charge in [0.1, 0.15) is 0 Å². The predicted octanol–water partition coefficient (Wildman–Crippen LogP) is 3.89. The SMILES string of the molecule is CCOc1cc(C(=O)OCC(=O)Nc2cccc(C)c2C)ccc1OCC(=O)N1CCCCC1. The van der Waals surface area contributed by atoms with Gasteiger partial charge >= 0.3 is 5.97 Å². The fourth-order valence-electron chi connectivity index (χ4n) is 3.68. The molecule has 0 spiro atoms. The zero-order valence-electron chi connectivity index (χ0n) is 20.0. The highest BCUT2D eigenvalue weighted by atomic mass is 16.5. The molecular formula is C26H32N2O6. The minimum atomic E-state index is -0.659. The summed E-state index contributed by atoms with van der Waals surface area (Å²) in [5, 5.41) is 2.76. The van der Waals surface area contributed by atoms with Crippen molar-refractivity contribution in [1.82, 2.24) is 4.90 Å². The van der Waals surface area contributed by atoms with Crippen molar-refractivity contribution in [3.8, 4) is 11.5 Å². The van der Waals surface area contributed by atoms with Crippen LogP contribution in [0.1, 0.15) is 47.7 Å². The number of esters is 1. The lowest BCUT2D eigenvalue weighted by Gasteiger charge is -2.26. The Bertz CT molecular complexity index is 1030. The first-order valence-corrected chi connectivity index (χ1v) is 11.6. The second kappa shape index (κ2) is 12.1. The molecule has 0 aromatic heterocycles. The van der Waals surface area contributed by atoms with Crippen LogP contribution in [0.3, 0.4) is 0 Å². The van der Waals surface area contributed by atoms with Crippen LogP contribution in [0.5, 0.6) is 11.5 Å². The molecule has 1 aliphatic rings. The normalized spacial score (nSPS) is 13.2. The second-order valence-corrected chi connectivity index (χ2v) is 8.20. The average Bonchev–Trinajstić information content (AvgIpc) is 2.85. The minimum Gasteiger partial charge on any atom is -0.490 e. The number of hydrogen-bond donors (Lipinski definition) is 1. The van der Waals surface area contributed by atoms with Gasteiger partial charge in [0.25, 0.3) is 11.8 Å². The van der Waals surface area contributed by atoms with Crippen molar-refractivity contribution in [3.05, 3.63) is 53.1 Å². The Morgan fingerprint density at radius 2 is 1.71 bits per heavy atom. The van der Waals surface area contributed by atoms with Gasteiger partial charge < -0.3 is 24.4 Å². The van der Waals surface area contributed by atoms with Crippen molar-refractivity contribution in [1.29, 1.82) is 0 Å². The Morgan fingerprint density at radius 3 is 2.44 bits per heavy atom. The van der Waals surface area contributed by atoms with E-state index in [9.17, 15) is 14.4 Å². The molecular weight excluding hydrogens is 436 g/mol. The Hall–Kier alpha value is -3.55. The summed E-state index contributed by atoms with van der Waals surface area (Å²) in [6.07, 6.45) is 3.16. The van der Waals surface area contributed by atoms with Gasteiger partial charge in [-0.1, -0.05) is 12.1 Å². The van der Waals surface area contributed by atoms with E-state index in [0.29, 0.717) is 23.8 Å². The molecule has 1 fully saturated rings. The molecule has 182 valence electrons. The molecule has 0 atom stereocenters. The van der Waals surface area contributed by atoms with Crippen LogP contribution in [0.15, 0.2) is 36.4 Å². The summed E-state index contributed by atoms with van der Waals surface area (Å²) < 4.78 is 16.5. The molecule has 0 radical (unpaired) electrons. The zero-order valence-corrected chi connectivity index (χ0v) is 20.0. The number of anilines is 1. The van der Waals surface area contributed by atoms with Crippen LogP contribution in [0.25, 0.3) is 0 Å². The Labute approximate surface area is 200 Å². The van der Waals surface area contributed by atoms with Gasteiger partial charge in [0, 0.05) is 18.8 Å². The number of benzene rings is 2. The van der Waals surface area contributed by atoms with Gasteiger partial charge in [-0.3, -0.25) is 9.59 Å². The fourth-order valence-corrected chi connectivity index (χ4v) is 3.68. The standard InChI is InChI=1S/C26H32N2O6/c1-4-32-23-15-20(11-12-22(23)33-17-25(30)28-13-6-5-7-14-28)26(31)34-16-24(29)27-21-10-8-9-18(2)19(21)3/h8-12,15H,4-7,13-14,16-17H2,1-3H3,(H,27,29). The Kier molecular flexibility index (Phi) is 8.90. The maximum absolute atomic E-state index is 12.5. The predicted molar refractivity (Wildman–Crippen MR) is 128 cm³/mol. The number of nitrogens with zero attached hydrogens (tertiary/aromatic N) is 1. The maximum atomic E-state index is 12.5. The number of carbonyl (C=O) groups excluding carboxylic acids is 3. The van der Waals surface area contributed by atoms with Crippen LogP contribution in [-0.2, 0) is 14.3 Å². The first kappa shape index (κ1) is 25.1. The number of piperidine rings is 1. The number of amides is 2. The quantitative estimate of drug-likeness (QED) is 0.561. The molecule has 1 heterocycles. The van der Waals surface area contributed by atoms with E-state index in [4.69, 9.17) is 14.2 Å². The molecule has 0 unspecified atom stereocenters. The van der Waals surface area contributed by atoms with E-state index in [1.54, 1.807) is 17.0 Å². The molecule has 2 aromatic carbocycles. The highest BCUT2D eigenvalue weighted by Gasteiger charge is 2.19. The van der Waals surface area contributed by atoms with Gasteiger partial charge in [-0.25, -0.2) is 4.79 Å². The number of aryl methyl sites for hydroxylation is 1. The van der Waals surface area contributed by atoms with Crippen molar-refractivity contribution in [2.24, 2.45) is 0 Å². The maximum Gasteiger partial charge on any atom is 0.338 e. The number of carbonyl (C=O) groups is 3. The van der Waals surface area contributed by atoms with Gasteiger partial charge in [0.05, 0.1) is 12.2 Å². The zero-order chi connectivity index (χ0) is 24.5. The van der Waals surface area contributed by atoms with E-state index >= 15 is 0 Å². The molecule has 0 saturated carbocycles. The number of likely N-dealkylation sites (tertiary alicyclic amines) is 1. The summed E-state index contributed by atoms with van der Waals surface area (Å²) in [5.74, 6) is -0.448. The fraction of sp³-hybridized carbons (Fsp3) is 0.423. The Morgan fingerprint density at radius 1 is 0.941 bits per heavy atom. The lowest BCUT2D eigenvalue weighted by atomic mass is 10.1. The first-order chi connectivity index (χ1) is 16.4. The third-order valence-electron chi connectivity index (χ3n) is 5.75. The number of rotatable bonds is 9. The molecule has 2 aromatic rings. The molecule has 34 heavy (non-hydrogen) atoms. The molecule has 0 aliphatic carbocycles.